The maximum atomic E-state index is 12.5. The summed E-state index contributed by atoms with van der Waals surface area (Å²) in [6.07, 6.45) is 4.82. The van der Waals surface area contributed by atoms with E-state index in [1.54, 1.807) is 6.08 Å². The fourth-order valence-corrected chi connectivity index (χ4v) is 3.29. The number of rotatable bonds is 5. The highest BCUT2D eigenvalue weighted by molar-refractivity contribution is 5.94. The van der Waals surface area contributed by atoms with Crippen LogP contribution >= 0.6 is 0 Å². The van der Waals surface area contributed by atoms with E-state index in [0.717, 1.165) is 16.9 Å². The van der Waals surface area contributed by atoms with Gasteiger partial charge in [-0.1, -0.05) is 30.3 Å². The quantitative estimate of drug-likeness (QED) is 0.810. The van der Waals surface area contributed by atoms with Crippen LogP contribution in [-0.4, -0.2) is 43.9 Å². The molecule has 146 valence electrons. The van der Waals surface area contributed by atoms with Gasteiger partial charge in [0.25, 0.3) is 0 Å². The Kier molecular flexibility index (Phi) is 6.48. The number of hydrogen-bond acceptors (Lipinski definition) is 3. The summed E-state index contributed by atoms with van der Waals surface area (Å²) in [4.78, 5) is 28.7. The first-order chi connectivity index (χ1) is 13.5. The Morgan fingerprint density at radius 3 is 2.25 bits per heavy atom. The van der Waals surface area contributed by atoms with Crippen molar-refractivity contribution in [3.05, 3.63) is 66.2 Å². The fraction of sp³-hybridized carbons (Fsp3) is 0.304. The SMILES string of the molecule is CN(C)c1ccc(NC(=O)C2CCN(C(=O)C=Cc3ccccc3)CC2)cc1. The number of piperidine rings is 1. The Morgan fingerprint density at radius 1 is 1.00 bits per heavy atom. The summed E-state index contributed by atoms with van der Waals surface area (Å²) in [6, 6.07) is 17.6. The predicted octanol–water partition coefficient (Wildman–Crippen LogP) is 3.64. The van der Waals surface area contributed by atoms with Crippen LogP contribution in [0, 0.1) is 5.92 Å². The van der Waals surface area contributed by atoms with E-state index in [2.05, 4.69) is 5.32 Å². The minimum absolute atomic E-state index is 0.00184. The molecular formula is C23H27N3O2. The van der Waals surface area contributed by atoms with Crippen LogP contribution in [0.4, 0.5) is 11.4 Å². The molecule has 1 aliphatic heterocycles. The first kappa shape index (κ1) is 19.7. The number of anilines is 2. The molecule has 5 nitrogen and oxygen atoms in total. The van der Waals surface area contributed by atoms with Crippen molar-refractivity contribution in [2.24, 2.45) is 5.92 Å². The van der Waals surface area contributed by atoms with Crippen molar-refractivity contribution >= 4 is 29.3 Å². The minimum atomic E-state index is -0.0596. The van der Waals surface area contributed by atoms with E-state index in [4.69, 9.17) is 0 Å². The largest absolute Gasteiger partial charge is 0.378 e. The second-order valence-electron chi connectivity index (χ2n) is 7.27. The van der Waals surface area contributed by atoms with Crippen LogP contribution < -0.4 is 10.2 Å². The third kappa shape index (κ3) is 5.22. The molecule has 1 fully saturated rings. The van der Waals surface area contributed by atoms with Gasteiger partial charge in [0.2, 0.25) is 11.8 Å². The van der Waals surface area contributed by atoms with Gasteiger partial charge < -0.3 is 15.1 Å². The van der Waals surface area contributed by atoms with Crippen molar-refractivity contribution in [1.82, 2.24) is 4.90 Å². The van der Waals surface area contributed by atoms with Crippen LogP contribution in [-0.2, 0) is 9.59 Å². The van der Waals surface area contributed by atoms with Crippen molar-refractivity contribution in [3.63, 3.8) is 0 Å². The average molecular weight is 377 g/mol. The average Bonchev–Trinajstić information content (AvgIpc) is 2.73. The van der Waals surface area contributed by atoms with E-state index in [-0.39, 0.29) is 17.7 Å². The zero-order chi connectivity index (χ0) is 19.9. The molecule has 0 unspecified atom stereocenters. The molecule has 1 saturated heterocycles. The van der Waals surface area contributed by atoms with Crippen molar-refractivity contribution in [2.75, 3.05) is 37.4 Å². The molecule has 1 aliphatic rings. The highest BCUT2D eigenvalue weighted by atomic mass is 16.2. The summed E-state index contributed by atoms with van der Waals surface area (Å²) in [5, 5.41) is 2.99. The Morgan fingerprint density at radius 2 is 1.64 bits per heavy atom. The number of carbonyl (C=O) groups is 2. The molecule has 3 rings (SSSR count). The molecule has 0 spiro atoms. The number of amides is 2. The van der Waals surface area contributed by atoms with Gasteiger partial charge >= 0.3 is 0 Å². The number of carbonyl (C=O) groups excluding carboxylic acids is 2. The van der Waals surface area contributed by atoms with Crippen molar-refractivity contribution in [3.8, 4) is 0 Å². The van der Waals surface area contributed by atoms with Crippen LogP contribution in [0.15, 0.2) is 60.7 Å². The zero-order valence-corrected chi connectivity index (χ0v) is 16.5. The normalized spacial score (nSPS) is 14.9. The molecular weight excluding hydrogens is 350 g/mol. The van der Waals surface area contributed by atoms with Gasteiger partial charge in [-0.25, -0.2) is 0 Å². The molecule has 0 aliphatic carbocycles. The van der Waals surface area contributed by atoms with E-state index >= 15 is 0 Å². The minimum Gasteiger partial charge on any atom is -0.378 e. The van der Waals surface area contributed by atoms with Gasteiger partial charge in [0.05, 0.1) is 0 Å². The summed E-state index contributed by atoms with van der Waals surface area (Å²) in [5.41, 5.74) is 2.90. The molecule has 28 heavy (non-hydrogen) atoms. The van der Waals surface area contributed by atoms with Crippen molar-refractivity contribution < 1.29 is 9.59 Å². The molecule has 0 bridgehead atoms. The van der Waals surface area contributed by atoms with Crippen LogP contribution in [0.3, 0.4) is 0 Å². The van der Waals surface area contributed by atoms with E-state index in [9.17, 15) is 9.59 Å². The van der Waals surface area contributed by atoms with Gasteiger partial charge in [-0.3, -0.25) is 9.59 Å². The summed E-state index contributed by atoms with van der Waals surface area (Å²) in [7, 11) is 3.97. The lowest BCUT2D eigenvalue weighted by atomic mass is 9.95. The smallest absolute Gasteiger partial charge is 0.246 e. The van der Waals surface area contributed by atoms with E-state index in [0.29, 0.717) is 25.9 Å². The van der Waals surface area contributed by atoms with Gasteiger partial charge in [-0.05, 0) is 48.7 Å². The molecule has 5 heteroatoms. The van der Waals surface area contributed by atoms with Crippen molar-refractivity contribution in [2.45, 2.75) is 12.8 Å². The maximum Gasteiger partial charge on any atom is 0.246 e. The molecule has 1 N–H and O–H groups in total. The third-order valence-electron chi connectivity index (χ3n) is 5.05. The lowest BCUT2D eigenvalue weighted by Gasteiger charge is -2.30. The Balaban J connectivity index is 1.48. The summed E-state index contributed by atoms with van der Waals surface area (Å²) in [5.74, 6) is -0.0257. The highest BCUT2D eigenvalue weighted by Crippen LogP contribution is 2.21. The van der Waals surface area contributed by atoms with E-state index < -0.39 is 0 Å². The standard InChI is InChI=1S/C23H27N3O2/c1-25(2)21-11-9-20(10-12-21)24-23(28)19-14-16-26(17-15-19)22(27)13-8-18-6-4-3-5-7-18/h3-13,19H,14-17H2,1-2H3,(H,24,28). The highest BCUT2D eigenvalue weighted by Gasteiger charge is 2.26. The predicted molar refractivity (Wildman–Crippen MR) is 114 cm³/mol. The number of likely N-dealkylation sites (tertiary alicyclic amines) is 1. The number of nitrogens with zero attached hydrogens (tertiary/aromatic N) is 2. The van der Waals surface area contributed by atoms with Crippen LogP contribution in [0.1, 0.15) is 18.4 Å². The zero-order valence-electron chi connectivity index (χ0n) is 16.5. The summed E-state index contributed by atoms with van der Waals surface area (Å²) in [6.45, 7) is 1.21. The molecule has 2 amide bonds. The molecule has 0 radical (unpaired) electrons. The molecule has 0 saturated carbocycles. The van der Waals surface area contributed by atoms with Crippen LogP contribution in [0.2, 0.25) is 0 Å². The topological polar surface area (TPSA) is 52.7 Å². The van der Waals surface area contributed by atoms with Gasteiger partial charge in [0.1, 0.15) is 0 Å². The van der Waals surface area contributed by atoms with E-state index in [1.807, 2.05) is 84.6 Å². The number of hydrogen-bond donors (Lipinski definition) is 1. The first-order valence-electron chi connectivity index (χ1n) is 9.63. The molecule has 0 aromatic heterocycles. The fourth-order valence-electron chi connectivity index (χ4n) is 3.29. The summed E-state index contributed by atoms with van der Waals surface area (Å²) < 4.78 is 0. The second-order valence-corrected chi connectivity index (χ2v) is 7.27. The maximum absolute atomic E-state index is 12.5. The van der Waals surface area contributed by atoms with Crippen LogP contribution in [0.5, 0.6) is 0 Å². The summed E-state index contributed by atoms with van der Waals surface area (Å²) >= 11 is 0. The molecule has 2 aromatic rings. The second kappa shape index (κ2) is 9.22. The van der Waals surface area contributed by atoms with Gasteiger partial charge in [-0.2, -0.15) is 0 Å². The van der Waals surface area contributed by atoms with Crippen molar-refractivity contribution in [1.29, 1.82) is 0 Å². The Labute approximate surface area is 166 Å². The number of nitrogens with one attached hydrogen (secondary N) is 1. The molecule has 2 aromatic carbocycles. The first-order valence-corrected chi connectivity index (χ1v) is 9.63. The van der Waals surface area contributed by atoms with Gasteiger partial charge in [0.15, 0.2) is 0 Å². The Bertz CT molecular complexity index is 821. The van der Waals surface area contributed by atoms with E-state index in [1.165, 1.54) is 0 Å². The lowest BCUT2D eigenvalue weighted by molar-refractivity contribution is -0.130. The lowest BCUT2D eigenvalue weighted by Crippen LogP contribution is -2.40. The molecule has 0 atom stereocenters. The number of benzene rings is 2. The third-order valence-corrected chi connectivity index (χ3v) is 5.05. The van der Waals surface area contributed by atoms with Crippen LogP contribution in [0.25, 0.3) is 6.08 Å². The van der Waals surface area contributed by atoms with Gasteiger partial charge in [-0.15, -0.1) is 0 Å². The molecule has 1 heterocycles. The Hall–Kier alpha value is -3.08. The van der Waals surface area contributed by atoms with Gasteiger partial charge in [0, 0.05) is 50.6 Å². The monoisotopic (exact) mass is 377 g/mol.